The lowest BCUT2D eigenvalue weighted by atomic mass is 9.86. The van der Waals surface area contributed by atoms with Crippen LogP contribution >= 0.6 is 11.8 Å². The minimum absolute atomic E-state index is 0.00804. The number of nitrogens with one attached hydrogen (secondary N) is 2. The summed E-state index contributed by atoms with van der Waals surface area (Å²) in [5.41, 5.74) is -1.12. The largest absolute Gasteiger partial charge is 0.465 e. The van der Waals surface area contributed by atoms with E-state index in [0.29, 0.717) is 5.75 Å². The van der Waals surface area contributed by atoms with Crippen LogP contribution in [0.5, 0.6) is 0 Å². The molecule has 0 aliphatic carbocycles. The maximum Gasteiger partial charge on any atom is 0.314 e. The molecule has 1 fully saturated rings. The topological polar surface area (TPSA) is 148 Å². The smallest absolute Gasteiger partial charge is 0.314 e. The summed E-state index contributed by atoms with van der Waals surface area (Å²) in [6, 6.07) is 0. The van der Waals surface area contributed by atoms with Gasteiger partial charge in [0.15, 0.2) is 11.2 Å². The highest BCUT2D eigenvalue weighted by Crippen LogP contribution is 2.25. The number of esters is 2. The standard InChI is InChI=1S/C18H28N2O8S/c1-11(21)8-14(24)28-16-17(26)20-5-4-12(22)19-6-7-29-15(25)9-13(23)27-10-18(16,2)3/h11,16,21H,4-10H2,1-3H3,(H,19,22)(H,20,26)/t11-,16-/m0/s1. The van der Waals surface area contributed by atoms with Crippen LogP contribution in [0, 0.1) is 5.41 Å². The monoisotopic (exact) mass is 432 g/mol. The van der Waals surface area contributed by atoms with Gasteiger partial charge in [-0.2, -0.15) is 0 Å². The molecule has 1 saturated heterocycles. The summed E-state index contributed by atoms with van der Waals surface area (Å²) in [5.74, 6) is -2.21. The first-order valence-corrected chi connectivity index (χ1v) is 10.2. The molecule has 0 spiro atoms. The van der Waals surface area contributed by atoms with Gasteiger partial charge in [0.2, 0.25) is 5.91 Å². The number of carbonyl (C=O) groups excluding carboxylic acids is 5. The van der Waals surface area contributed by atoms with Crippen LogP contribution in [0.3, 0.4) is 0 Å². The summed E-state index contributed by atoms with van der Waals surface area (Å²) in [5, 5.41) is 14.1. The van der Waals surface area contributed by atoms with Gasteiger partial charge in [-0.15, -0.1) is 0 Å². The zero-order chi connectivity index (χ0) is 22.0. The minimum atomic E-state index is -1.33. The van der Waals surface area contributed by atoms with E-state index in [4.69, 9.17) is 9.47 Å². The molecule has 1 aliphatic rings. The molecular formula is C18H28N2O8S. The predicted octanol–water partition coefficient (Wildman–Crippen LogP) is -0.475. The first-order valence-electron chi connectivity index (χ1n) is 9.24. The molecule has 29 heavy (non-hydrogen) atoms. The molecule has 2 amide bonds. The van der Waals surface area contributed by atoms with Gasteiger partial charge in [0, 0.05) is 30.7 Å². The highest BCUT2D eigenvalue weighted by molar-refractivity contribution is 8.13. The van der Waals surface area contributed by atoms with Gasteiger partial charge in [-0.05, 0) is 6.92 Å². The van der Waals surface area contributed by atoms with Gasteiger partial charge in [-0.25, -0.2) is 0 Å². The van der Waals surface area contributed by atoms with E-state index in [1.165, 1.54) is 6.92 Å². The zero-order valence-electron chi connectivity index (χ0n) is 16.8. The first-order chi connectivity index (χ1) is 13.5. The number of hydrogen-bond acceptors (Lipinski definition) is 9. The number of rotatable bonds is 3. The lowest BCUT2D eigenvalue weighted by Gasteiger charge is -2.32. The van der Waals surface area contributed by atoms with Crippen LogP contribution in [0.1, 0.15) is 40.0 Å². The predicted molar refractivity (Wildman–Crippen MR) is 104 cm³/mol. The van der Waals surface area contributed by atoms with Gasteiger partial charge in [-0.1, -0.05) is 25.6 Å². The molecule has 1 rings (SSSR count). The van der Waals surface area contributed by atoms with Crippen molar-refractivity contribution in [2.75, 3.05) is 25.4 Å². The zero-order valence-corrected chi connectivity index (χ0v) is 17.6. The van der Waals surface area contributed by atoms with E-state index in [-0.39, 0.29) is 38.4 Å². The van der Waals surface area contributed by atoms with Crippen LogP contribution in [0.25, 0.3) is 0 Å². The normalized spacial score (nSPS) is 23.4. The second-order valence-corrected chi connectivity index (χ2v) is 8.51. The number of aliphatic hydroxyl groups is 1. The average Bonchev–Trinajstić information content (AvgIpc) is 2.60. The molecule has 0 aromatic heterocycles. The van der Waals surface area contributed by atoms with Crippen LogP contribution in [0.4, 0.5) is 0 Å². The molecular weight excluding hydrogens is 404 g/mol. The Morgan fingerprint density at radius 2 is 1.97 bits per heavy atom. The Labute approximate surface area is 173 Å². The number of thioether (sulfide) groups is 1. The number of hydrogen-bond donors (Lipinski definition) is 3. The van der Waals surface area contributed by atoms with Crippen molar-refractivity contribution in [1.82, 2.24) is 10.6 Å². The molecule has 0 aromatic rings. The minimum Gasteiger partial charge on any atom is -0.465 e. The Bertz CT molecular complexity index is 635. The number of aliphatic hydroxyl groups excluding tert-OH is 1. The van der Waals surface area contributed by atoms with Crippen molar-refractivity contribution >= 4 is 40.6 Å². The van der Waals surface area contributed by atoms with Gasteiger partial charge in [0.05, 0.1) is 12.5 Å². The van der Waals surface area contributed by atoms with E-state index in [0.717, 1.165) is 11.8 Å². The molecule has 0 radical (unpaired) electrons. The van der Waals surface area contributed by atoms with Crippen LogP contribution in [-0.2, 0) is 33.4 Å². The summed E-state index contributed by atoms with van der Waals surface area (Å²) < 4.78 is 10.4. The maximum atomic E-state index is 12.6. The third-order valence-electron chi connectivity index (χ3n) is 3.89. The average molecular weight is 432 g/mol. The summed E-state index contributed by atoms with van der Waals surface area (Å²) in [6.07, 6.45) is -3.04. The van der Waals surface area contributed by atoms with E-state index >= 15 is 0 Å². The van der Waals surface area contributed by atoms with Crippen LogP contribution in [0.2, 0.25) is 0 Å². The van der Waals surface area contributed by atoms with E-state index < -0.39 is 47.0 Å². The Balaban J connectivity index is 2.95. The van der Waals surface area contributed by atoms with E-state index in [2.05, 4.69) is 10.6 Å². The molecule has 0 saturated carbocycles. The SMILES string of the molecule is C[C@H](O)CC(=O)O[C@H]1C(=O)NCCC(=O)NCCSC(=O)CC(=O)OCC1(C)C. The molecule has 3 N–H and O–H groups in total. The maximum absolute atomic E-state index is 12.6. The molecule has 164 valence electrons. The molecule has 0 bridgehead atoms. The third kappa shape index (κ3) is 9.75. The summed E-state index contributed by atoms with van der Waals surface area (Å²) in [6.45, 7) is 4.51. The summed E-state index contributed by atoms with van der Waals surface area (Å²) in [7, 11) is 0. The number of ether oxygens (including phenoxy) is 2. The summed E-state index contributed by atoms with van der Waals surface area (Å²) in [4.78, 5) is 60.1. The second kappa shape index (κ2) is 11.8. The van der Waals surface area contributed by atoms with Gasteiger partial charge in [0.25, 0.3) is 5.91 Å². The van der Waals surface area contributed by atoms with Gasteiger partial charge >= 0.3 is 11.9 Å². The molecule has 0 unspecified atom stereocenters. The Morgan fingerprint density at radius 1 is 1.28 bits per heavy atom. The first kappa shape index (κ1) is 24.9. The van der Waals surface area contributed by atoms with Crippen molar-refractivity contribution in [1.29, 1.82) is 0 Å². The lowest BCUT2D eigenvalue weighted by molar-refractivity contribution is -0.170. The van der Waals surface area contributed by atoms with Crippen molar-refractivity contribution in [2.45, 2.75) is 52.2 Å². The number of carbonyl (C=O) groups is 5. The highest BCUT2D eigenvalue weighted by Gasteiger charge is 2.40. The van der Waals surface area contributed by atoms with Crippen molar-refractivity contribution in [3.8, 4) is 0 Å². The highest BCUT2D eigenvalue weighted by atomic mass is 32.2. The van der Waals surface area contributed by atoms with Crippen LogP contribution < -0.4 is 10.6 Å². The second-order valence-electron chi connectivity index (χ2n) is 7.36. The van der Waals surface area contributed by atoms with Crippen LogP contribution in [0.15, 0.2) is 0 Å². The van der Waals surface area contributed by atoms with Gasteiger partial charge in [-0.3, -0.25) is 24.0 Å². The fourth-order valence-corrected chi connectivity index (χ4v) is 3.04. The van der Waals surface area contributed by atoms with Crippen molar-refractivity contribution in [3.63, 3.8) is 0 Å². The van der Waals surface area contributed by atoms with Crippen LogP contribution in [-0.4, -0.2) is 71.6 Å². The Morgan fingerprint density at radius 3 is 2.62 bits per heavy atom. The molecule has 0 aromatic carbocycles. The van der Waals surface area contributed by atoms with Crippen molar-refractivity contribution in [2.24, 2.45) is 5.41 Å². The molecule has 1 aliphatic heterocycles. The fourth-order valence-electron chi connectivity index (χ4n) is 2.39. The van der Waals surface area contributed by atoms with Crippen molar-refractivity contribution in [3.05, 3.63) is 0 Å². The molecule has 11 heteroatoms. The third-order valence-corrected chi connectivity index (χ3v) is 4.77. The number of cyclic esters (lactones) is 1. The summed E-state index contributed by atoms with van der Waals surface area (Å²) >= 11 is 0.916. The fraction of sp³-hybridized carbons (Fsp3) is 0.722. The Hall–Kier alpha value is -2.14. The van der Waals surface area contributed by atoms with E-state index in [9.17, 15) is 29.1 Å². The quantitative estimate of drug-likeness (QED) is 0.397. The van der Waals surface area contributed by atoms with Gasteiger partial charge in [0.1, 0.15) is 13.0 Å². The van der Waals surface area contributed by atoms with E-state index in [1.807, 2.05) is 0 Å². The number of amides is 2. The lowest BCUT2D eigenvalue weighted by Crippen LogP contribution is -2.49. The molecule has 10 nitrogen and oxygen atoms in total. The van der Waals surface area contributed by atoms with Crippen molar-refractivity contribution < 1.29 is 38.6 Å². The van der Waals surface area contributed by atoms with Gasteiger partial charge < -0.3 is 25.2 Å². The Kier molecular flexibility index (Phi) is 10.1. The van der Waals surface area contributed by atoms with E-state index in [1.54, 1.807) is 13.8 Å². The molecule has 1 heterocycles. The molecule has 2 atom stereocenters.